The molecule has 0 spiro atoms. The quantitative estimate of drug-likeness (QED) is 0.378. The highest BCUT2D eigenvalue weighted by Gasteiger charge is 2.34. The first kappa shape index (κ1) is 26.6. The Morgan fingerprint density at radius 2 is 1.83 bits per heavy atom. The number of esters is 1. The van der Waals surface area contributed by atoms with Gasteiger partial charge in [0, 0.05) is 18.8 Å². The molecule has 7 nitrogen and oxygen atoms in total. The van der Waals surface area contributed by atoms with Crippen LogP contribution in [-0.2, 0) is 16.1 Å². The molecule has 4 rings (SSSR count). The topological polar surface area (TPSA) is 66.9 Å². The molecule has 2 aromatic rings. The molecule has 0 saturated carbocycles. The molecule has 1 saturated heterocycles. The second-order valence-electron chi connectivity index (χ2n) is 9.80. The molecule has 0 bridgehead atoms. The minimum atomic E-state index is -0.448. The summed E-state index contributed by atoms with van der Waals surface area (Å²) in [7, 11) is 1.34. The van der Waals surface area contributed by atoms with Gasteiger partial charge in [0.05, 0.1) is 48.1 Å². The summed E-state index contributed by atoms with van der Waals surface area (Å²) in [4.78, 5) is 42.8. The molecule has 2 amide bonds. The number of carbonyl (C=O) groups excluding carboxylic acids is 3. The van der Waals surface area contributed by atoms with Crippen molar-refractivity contribution in [3.8, 4) is 0 Å². The summed E-state index contributed by atoms with van der Waals surface area (Å²) in [6, 6.07) is 8.63. The van der Waals surface area contributed by atoms with E-state index in [-0.39, 0.29) is 24.9 Å². The van der Waals surface area contributed by atoms with Crippen molar-refractivity contribution in [1.29, 1.82) is 0 Å². The van der Waals surface area contributed by atoms with Crippen LogP contribution in [0.1, 0.15) is 58.7 Å². The van der Waals surface area contributed by atoms with Gasteiger partial charge in [-0.1, -0.05) is 17.7 Å². The van der Waals surface area contributed by atoms with Crippen molar-refractivity contribution in [2.24, 2.45) is 5.92 Å². The number of fused-ring (bicyclic) bond motifs is 1. The lowest BCUT2D eigenvalue weighted by molar-refractivity contribution is -0.930. The summed E-state index contributed by atoms with van der Waals surface area (Å²) in [6.45, 7) is 10.1. The first-order valence-corrected chi connectivity index (χ1v) is 13.9. The highest BCUT2D eigenvalue weighted by atomic mass is 35.5. The van der Waals surface area contributed by atoms with Gasteiger partial charge in [-0.3, -0.25) is 9.59 Å². The molecule has 1 aromatic heterocycles. The Hall–Kier alpha value is -2.42. The van der Waals surface area contributed by atoms with E-state index >= 15 is 0 Å². The van der Waals surface area contributed by atoms with Gasteiger partial charge in [-0.15, -0.1) is 11.3 Å². The SMILES string of the molecule is CC[N+]1(CC)CCC(CCN2C(=O)CN(C(=O)c3ccc(Cl)s3)Cc3ccc(C(=O)OC)cc32)CC1. The Bertz CT molecular complexity index is 1120. The second-order valence-corrected chi connectivity index (χ2v) is 11.5. The molecule has 9 heteroatoms. The van der Waals surface area contributed by atoms with Crippen molar-refractivity contribution in [2.75, 3.05) is 51.3 Å². The smallest absolute Gasteiger partial charge is 0.337 e. The number of anilines is 1. The molecule has 1 aromatic carbocycles. The predicted octanol–water partition coefficient (Wildman–Crippen LogP) is 4.83. The van der Waals surface area contributed by atoms with Crippen LogP contribution in [0.25, 0.3) is 0 Å². The van der Waals surface area contributed by atoms with E-state index in [0.717, 1.165) is 37.9 Å². The highest BCUT2D eigenvalue weighted by Crippen LogP contribution is 2.32. The fraction of sp³-hybridized carbons (Fsp3) is 0.519. The predicted molar refractivity (Wildman–Crippen MR) is 143 cm³/mol. The lowest BCUT2D eigenvalue weighted by Gasteiger charge is -2.42. The minimum absolute atomic E-state index is 0.0209. The van der Waals surface area contributed by atoms with Gasteiger partial charge < -0.3 is 19.0 Å². The molecule has 0 unspecified atom stereocenters. The van der Waals surface area contributed by atoms with Gasteiger partial charge in [0.25, 0.3) is 5.91 Å². The van der Waals surface area contributed by atoms with Crippen molar-refractivity contribution >= 4 is 46.4 Å². The maximum atomic E-state index is 13.5. The number of amides is 2. The monoisotopic (exact) mass is 532 g/mol. The maximum absolute atomic E-state index is 13.5. The Morgan fingerprint density at radius 3 is 2.44 bits per heavy atom. The summed E-state index contributed by atoms with van der Waals surface area (Å²) in [5.41, 5.74) is 1.91. The Kier molecular flexibility index (Phi) is 8.37. The molecular weight excluding hydrogens is 498 g/mol. The van der Waals surface area contributed by atoms with Crippen LogP contribution in [0, 0.1) is 5.92 Å². The number of methoxy groups -OCH3 is 1. The Morgan fingerprint density at radius 1 is 1.11 bits per heavy atom. The van der Waals surface area contributed by atoms with Gasteiger partial charge >= 0.3 is 5.97 Å². The first-order chi connectivity index (χ1) is 17.3. The van der Waals surface area contributed by atoms with Crippen LogP contribution < -0.4 is 4.90 Å². The Labute approximate surface area is 222 Å². The first-order valence-electron chi connectivity index (χ1n) is 12.7. The molecule has 2 aliphatic rings. The van der Waals surface area contributed by atoms with E-state index < -0.39 is 5.97 Å². The zero-order chi connectivity index (χ0) is 25.9. The van der Waals surface area contributed by atoms with Crippen molar-refractivity contribution in [3.05, 3.63) is 50.7 Å². The van der Waals surface area contributed by atoms with E-state index in [1.807, 2.05) is 6.07 Å². The number of carbonyl (C=O) groups is 3. The van der Waals surface area contributed by atoms with Crippen LogP contribution in [-0.4, -0.2) is 73.5 Å². The number of nitrogens with zero attached hydrogens (tertiary/aromatic N) is 3. The van der Waals surface area contributed by atoms with Crippen molar-refractivity contribution in [2.45, 2.75) is 39.7 Å². The molecule has 0 aliphatic carbocycles. The number of hydrogen-bond donors (Lipinski definition) is 0. The molecular formula is C27H35ClN3O4S+. The van der Waals surface area contributed by atoms with Gasteiger partial charge in [0.15, 0.2) is 0 Å². The normalized spacial score (nSPS) is 18.1. The van der Waals surface area contributed by atoms with Crippen LogP contribution in [0.5, 0.6) is 0 Å². The minimum Gasteiger partial charge on any atom is -0.465 e. The summed E-state index contributed by atoms with van der Waals surface area (Å²) < 4.78 is 6.62. The summed E-state index contributed by atoms with van der Waals surface area (Å²) >= 11 is 7.26. The van der Waals surface area contributed by atoms with Gasteiger partial charge in [-0.05, 0) is 68.9 Å². The molecule has 2 aliphatic heterocycles. The molecule has 1 fully saturated rings. The standard InChI is InChI=1S/C27H35ClN3O4S/c1-4-31(5-2)14-11-19(12-15-31)10-13-30-22-16-20(27(34)35-3)6-7-21(22)17-29(18-25(30)32)26(33)23-8-9-24(28)36-23/h6-9,16,19H,4-5,10-15,17-18H2,1-3H3/q+1. The van der Waals surface area contributed by atoms with Gasteiger partial charge in [0.1, 0.15) is 6.54 Å². The van der Waals surface area contributed by atoms with Crippen LogP contribution in [0.3, 0.4) is 0 Å². The van der Waals surface area contributed by atoms with Crippen LogP contribution in [0.4, 0.5) is 5.69 Å². The number of ether oxygens (including phenoxy) is 1. The highest BCUT2D eigenvalue weighted by molar-refractivity contribution is 7.17. The average Bonchev–Trinajstić information content (AvgIpc) is 3.28. The largest absolute Gasteiger partial charge is 0.465 e. The summed E-state index contributed by atoms with van der Waals surface area (Å²) in [6.07, 6.45) is 3.21. The molecule has 3 heterocycles. The van der Waals surface area contributed by atoms with E-state index in [2.05, 4.69) is 13.8 Å². The zero-order valence-electron chi connectivity index (χ0n) is 21.3. The fourth-order valence-corrected chi connectivity index (χ4v) is 6.45. The number of likely N-dealkylation sites (tertiary alicyclic amines) is 1. The number of piperidine rings is 1. The van der Waals surface area contributed by atoms with E-state index in [4.69, 9.17) is 16.3 Å². The van der Waals surface area contributed by atoms with Crippen LogP contribution in [0.15, 0.2) is 30.3 Å². The molecule has 194 valence electrons. The van der Waals surface area contributed by atoms with Crippen molar-refractivity contribution in [1.82, 2.24) is 4.90 Å². The third kappa shape index (κ3) is 5.61. The average molecular weight is 533 g/mol. The summed E-state index contributed by atoms with van der Waals surface area (Å²) in [5, 5.41) is 0. The van der Waals surface area contributed by atoms with E-state index in [1.54, 1.807) is 34.1 Å². The fourth-order valence-electron chi connectivity index (χ4n) is 5.44. The molecule has 0 atom stereocenters. The maximum Gasteiger partial charge on any atom is 0.337 e. The number of thiophene rings is 1. The molecule has 0 N–H and O–H groups in total. The summed E-state index contributed by atoms with van der Waals surface area (Å²) in [5.74, 6) is -0.250. The van der Waals surface area contributed by atoms with Crippen molar-refractivity contribution in [3.63, 3.8) is 0 Å². The van der Waals surface area contributed by atoms with Gasteiger partial charge in [0.2, 0.25) is 5.91 Å². The number of rotatable bonds is 7. The van der Waals surface area contributed by atoms with E-state index in [9.17, 15) is 14.4 Å². The van der Waals surface area contributed by atoms with Crippen LogP contribution >= 0.6 is 22.9 Å². The van der Waals surface area contributed by atoms with Gasteiger partial charge in [-0.2, -0.15) is 0 Å². The zero-order valence-corrected chi connectivity index (χ0v) is 22.9. The lowest BCUT2D eigenvalue weighted by Crippen LogP contribution is -2.52. The van der Waals surface area contributed by atoms with E-state index in [1.165, 1.54) is 36.0 Å². The van der Waals surface area contributed by atoms with Crippen molar-refractivity contribution < 1.29 is 23.6 Å². The third-order valence-electron chi connectivity index (χ3n) is 7.98. The third-order valence-corrected chi connectivity index (χ3v) is 9.20. The van der Waals surface area contributed by atoms with Crippen LogP contribution in [0.2, 0.25) is 4.34 Å². The van der Waals surface area contributed by atoms with E-state index in [0.29, 0.717) is 32.9 Å². The molecule has 36 heavy (non-hydrogen) atoms. The second kappa shape index (κ2) is 11.3. The Balaban J connectivity index is 1.57. The number of hydrogen-bond acceptors (Lipinski definition) is 5. The molecule has 0 radical (unpaired) electrons. The number of benzene rings is 1. The number of halogens is 1. The lowest BCUT2D eigenvalue weighted by atomic mass is 9.91. The van der Waals surface area contributed by atoms with Gasteiger partial charge in [-0.25, -0.2) is 4.79 Å². The number of quaternary nitrogens is 1.